The molecule has 6 heteroatoms. The van der Waals surface area contributed by atoms with Gasteiger partial charge in [0.2, 0.25) is 0 Å². The topological polar surface area (TPSA) is 21.3 Å². The summed E-state index contributed by atoms with van der Waals surface area (Å²) in [5.74, 6) is 0. The summed E-state index contributed by atoms with van der Waals surface area (Å²) in [5, 5.41) is 4.39. The smallest absolute Gasteiger partial charge is 0.252 e. The van der Waals surface area contributed by atoms with Crippen LogP contribution < -0.4 is 26.2 Å². The lowest BCUT2D eigenvalue weighted by Crippen LogP contribution is -2.61. The normalized spacial score (nSPS) is 14.2. The SMILES string of the molecule is [2H]c1c([2H])c([2H])c2c(c1[2H])c1c([2H])c([2H])c([2H])c([2H])c1n2-c1ccc2c(c1)N(c1cccc3c4cccc(-n5c6ccc(C(C)(C)C)cc6c6cc(C(C)(C)C)ccc65)c4n(-c4ccccc4)c13)c1cc(-c3cccc(C(C)(C)C)c3)cc3c1B2c1ccc(-c2cc(C(C)(C)C)cc(C(C)(C)C)c2)cc1N3c1cc(-c2ccccc2)cc(-c2ccccc2)c1. The van der Waals surface area contributed by atoms with Crippen LogP contribution >= 0.6 is 0 Å². The van der Waals surface area contributed by atoms with Crippen molar-refractivity contribution in [2.75, 3.05) is 9.80 Å². The van der Waals surface area contributed by atoms with Crippen molar-refractivity contribution in [3.63, 3.8) is 0 Å². The van der Waals surface area contributed by atoms with Crippen LogP contribution in [0.3, 0.4) is 0 Å². The number of nitrogens with zero attached hydrogens (tertiary/aromatic N) is 5. The molecule has 2 aliphatic heterocycles. The van der Waals surface area contributed by atoms with Gasteiger partial charge < -0.3 is 23.5 Å². The Morgan fingerprint density at radius 3 is 1.22 bits per heavy atom. The fraction of sp³-hybridized carbons (Fsp3) is 0.182. The minimum atomic E-state index is -0.510. The molecule has 0 aliphatic carbocycles. The molecule has 0 radical (unpaired) electrons. The van der Waals surface area contributed by atoms with E-state index >= 15 is 0 Å². The molecule has 5 nitrogen and oxygen atoms in total. The lowest BCUT2D eigenvalue weighted by Gasteiger charge is -2.45. The molecular weight excluding hydrogens is 1400 g/mol. The van der Waals surface area contributed by atoms with Crippen LogP contribution in [-0.4, -0.2) is 20.4 Å². The van der Waals surface area contributed by atoms with E-state index in [1.54, 1.807) is 4.57 Å². The molecule has 18 aromatic rings. The van der Waals surface area contributed by atoms with Gasteiger partial charge in [-0.2, -0.15) is 0 Å². The number of para-hydroxylation sites is 5. The number of hydrogen-bond donors (Lipinski definition) is 0. The Hall–Kier alpha value is -12.6. The van der Waals surface area contributed by atoms with E-state index in [-0.39, 0.29) is 61.0 Å². The van der Waals surface area contributed by atoms with Gasteiger partial charge in [-0.1, -0.05) is 316 Å². The van der Waals surface area contributed by atoms with Crippen LogP contribution in [0.2, 0.25) is 0 Å². The number of rotatable bonds is 9. The van der Waals surface area contributed by atoms with Gasteiger partial charge in [-0.15, -0.1) is 0 Å². The number of anilines is 6. The highest BCUT2D eigenvalue weighted by Crippen LogP contribution is 2.53. The lowest BCUT2D eigenvalue weighted by atomic mass is 9.33. The van der Waals surface area contributed by atoms with Gasteiger partial charge in [0, 0.05) is 72.1 Å². The number of aromatic nitrogens is 3. The van der Waals surface area contributed by atoms with E-state index in [0.29, 0.717) is 5.69 Å². The summed E-state index contributed by atoms with van der Waals surface area (Å²) < 4.78 is 83.3. The average molecular weight is 1510 g/mol. The Morgan fingerprint density at radius 1 is 0.233 bits per heavy atom. The maximum Gasteiger partial charge on any atom is 0.252 e. The summed E-state index contributed by atoms with van der Waals surface area (Å²) in [6, 6.07) is 97.6. The first kappa shape index (κ1) is 63.7. The van der Waals surface area contributed by atoms with E-state index in [4.69, 9.17) is 0 Å². The highest BCUT2D eigenvalue weighted by Gasteiger charge is 2.45. The summed E-state index contributed by atoms with van der Waals surface area (Å²) in [6.07, 6.45) is 0. The van der Waals surface area contributed by atoms with Gasteiger partial charge >= 0.3 is 0 Å². The number of benzene rings is 15. The Kier molecular flexibility index (Phi) is 14.5. The molecule has 0 spiro atoms. The van der Waals surface area contributed by atoms with Crippen LogP contribution in [0.25, 0.3) is 127 Å². The summed E-state index contributed by atoms with van der Waals surface area (Å²) in [7, 11) is 0. The van der Waals surface area contributed by atoms with Crippen LogP contribution in [0.15, 0.2) is 321 Å². The monoisotopic (exact) mass is 1510 g/mol. The molecule has 0 N–H and O–H groups in total. The predicted octanol–water partition coefficient (Wildman–Crippen LogP) is 28.2. The van der Waals surface area contributed by atoms with Crippen LogP contribution in [-0.2, 0) is 27.1 Å². The molecule has 0 fully saturated rings. The van der Waals surface area contributed by atoms with Gasteiger partial charge in [0.15, 0.2) is 0 Å². The summed E-state index contributed by atoms with van der Waals surface area (Å²) in [6.45, 7) is 33.8. The third-order valence-electron chi connectivity index (χ3n) is 24.6. The zero-order valence-corrected chi connectivity index (χ0v) is 68.8. The van der Waals surface area contributed by atoms with Crippen molar-refractivity contribution in [1.29, 1.82) is 0 Å². The molecule has 0 amide bonds. The summed E-state index contributed by atoms with van der Waals surface area (Å²) in [4.78, 5) is 5.00. The quantitative estimate of drug-likeness (QED) is 0.134. The van der Waals surface area contributed by atoms with Crippen LogP contribution in [0.1, 0.15) is 143 Å². The molecule has 0 atom stereocenters. The van der Waals surface area contributed by atoms with E-state index in [2.05, 4.69) is 390 Å². The molecule has 116 heavy (non-hydrogen) atoms. The highest BCUT2D eigenvalue weighted by molar-refractivity contribution is 7.00. The second kappa shape index (κ2) is 26.5. The largest absolute Gasteiger partial charge is 0.311 e. The Labute approximate surface area is 694 Å². The maximum atomic E-state index is 9.99. The Bertz CT molecular complexity index is 7310. The van der Waals surface area contributed by atoms with Crippen LogP contribution in [0, 0.1) is 0 Å². The van der Waals surface area contributed by atoms with E-state index in [1.165, 1.54) is 38.6 Å². The van der Waals surface area contributed by atoms with Crippen LogP contribution in [0.4, 0.5) is 34.1 Å². The Morgan fingerprint density at radius 2 is 0.664 bits per heavy atom. The average Bonchev–Trinajstić information content (AvgIpc) is 1.26. The van der Waals surface area contributed by atoms with Crippen molar-refractivity contribution in [2.45, 2.75) is 131 Å². The molecule has 20 rings (SSSR count). The molecule has 5 heterocycles. The standard InChI is InChI=1S/C110H98BN5/c1-106(2,3)77-37-29-36-71(57-77)76-63-101-103-102(64-76)116(98-47-31-43-88-87-42-30-46-97(104(87)114(105(88)98)82-38-23-18-24-39-82)115-95-54-49-78(107(4,5)6)66-89(95)90-67-79(108(7,8)9)50-55-96(90)115)100-68-83(112-93-44-27-25-40-85(93)86-41-26-28-45-94(86)112)51-53-92(100)111(103)91-52-48-72(75-58-80(109(10,11)12)65-81(59-75)110(13,14)15)62-99(91)113(101)84-60-73(69-32-19-16-20-33-69)56-74(61-84)70-34-21-17-22-35-70/h16-68H,1-15H3/i25D,26D,27D,28D,40D,41D,44D,45D. The van der Waals surface area contributed by atoms with Gasteiger partial charge in [-0.3, -0.25) is 0 Å². The van der Waals surface area contributed by atoms with E-state index < -0.39 is 43.0 Å². The molecule has 3 aromatic heterocycles. The van der Waals surface area contributed by atoms with Gasteiger partial charge in [0.1, 0.15) is 0 Å². The van der Waals surface area contributed by atoms with Gasteiger partial charge in [-0.25, -0.2) is 0 Å². The number of hydrogen-bond acceptors (Lipinski definition) is 2. The molecular formula is C110H98BN5. The van der Waals surface area contributed by atoms with Crippen molar-refractivity contribution >= 4 is 123 Å². The molecule has 0 saturated heterocycles. The Balaban J connectivity index is 0.972. The van der Waals surface area contributed by atoms with Gasteiger partial charge in [0.05, 0.1) is 55.4 Å². The van der Waals surface area contributed by atoms with Gasteiger partial charge in [0.25, 0.3) is 6.71 Å². The van der Waals surface area contributed by atoms with Crippen molar-refractivity contribution in [3.8, 4) is 61.6 Å². The predicted molar refractivity (Wildman–Crippen MR) is 499 cm³/mol. The first-order valence-corrected chi connectivity index (χ1v) is 40.8. The van der Waals surface area contributed by atoms with E-state index in [1.807, 2.05) is 6.07 Å². The van der Waals surface area contributed by atoms with Crippen molar-refractivity contribution in [3.05, 3.63) is 349 Å². The summed E-state index contributed by atoms with van der Waals surface area (Å²) in [5.41, 5.74) is 28.6. The van der Waals surface area contributed by atoms with Gasteiger partial charge in [-0.05, 0) is 225 Å². The minimum Gasteiger partial charge on any atom is -0.311 e. The second-order valence-electron chi connectivity index (χ2n) is 37.3. The van der Waals surface area contributed by atoms with Crippen LogP contribution in [0.5, 0.6) is 0 Å². The zero-order valence-electron chi connectivity index (χ0n) is 76.8. The van der Waals surface area contributed by atoms with Crippen molar-refractivity contribution in [1.82, 2.24) is 13.7 Å². The second-order valence-corrected chi connectivity index (χ2v) is 37.3. The molecule has 0 bridgehead atoms. The molecule has 566 valence electrons. The van der Waals surface area contributed by atoms with E-state index in [9.17, 15) is 11.0 Å². The fourth-order valence-electron chi connectivity index (χ4n) is 18.3. The summed E-state index contributed by atoms with van der Waals surface area (Å²) >= 11 is 0. The van der Waals surface area contributed by atoms with E-state index in [0.717, 1.165) is 139 Å². The molecule has 2 aliphatic rings. The zero-order chi connectivity index (χ0) is 86.8. The molecule has 0 unspecified atom stereocenters. The van der Waals surface area contributed by atoms with Crippen molar-refractivity contribution < 1.29 is 11.0 Å². The lowest BCUT2D eigenvalue weighted by molar-refractivity contribution is 0.569. The number of fused-ring (bicyclic) bond motifs is 13. The fourth-order valence-corrected chi connectivity index (χ4v) is 18.3. The van der Waals surface area contributed by atoms with Crippen molar-refractivity contribution in [2.24, 2.45) is 0 Å². The third kappa shape index (κ3) is 11.9. The first-order valence-electron chi connectivity index (χ1n) is 44.8. The molecule has 15 aromatic carbocycles. The molecule has 0 saturated carbocycles. The minimum absolute atomic E-state index is 0.00620. The highest BCUT2D eigenvalue weighted by atomic mass is 15.2. The first-order chi connectivity index (χ1) is 59.0. The third-order valence-corrected chi connectivity index (χ3v) is 24.6. The maximum absolute atomic E-state index is 9.99.